The van der Waals surface area contributed by atoms with Crippen LogP contribution in [0.25, 0.3) is 0 Å². The van der Waals surface area contributed by atoms with Gasteiger partial charge in [0.2, 0.25) is 0 Å². The van der Waals surface area contributed by atoms with Crippen LogP contribution in [-0.2, 0) is 11.8 Å². The molecule has 2 heteroatoms. The van der Waals surface area contributed by atoms with Crippen LogP contribution in [0.2, 0.25) is 5.02 Å². The molecule has 1 aliphatic carbocycles. The van der Waals surface area contributed by atoms with E-state index in [9.17, 15) is 0 Å². The quantitative estimate of drug-likeness (QED) is 0.691. The van der Waals surface area contributed by atoms with Gasteiger partial charge in [0.05, 0.1) is 16.8 Å². The summed E-state index contributed by atoms with van der Waals surface area (Å²) < 4.78 is 0. The third-order valence-corrected chi connectivity index (χ3v) is 5.77. The van der Waals surface area contributed by atoms with Gasteiger partial charge in [0, 0.05) is 0 Å². The number of benzene rings is 2. The first kappa shape index (κ1) is 13.2. The Morgan fingerprint density at radius 1 is 1.10 bits per heavy atom. The van der Waals surface area contributed by atoms with Crippen molar-refractivity contribution in [3.8, 4) is 0 Å². The molecule has 0 bridgehead atoms. The summed E-state index contributed by atoms with van der Waals surface area (Å²) in [6.45, 7) is 4.74. The molecule has 2 atom stereocenters. The van der Waals surface area contributed by atoms with Crippen LogP contribution in [0.15, 0.2) is 42.5 Å². The predicted molar refractivity (Wildman–Crippen MR) is 89.1 cm³/mol. The summed E-state index contributed by atoms with van der Waals surface area (Å²) in [5, 5.41) is 4.58. The fraction of sp³-hybridized carbons (Fsp3) is 0.368. The van der Waals surface area contributed by atoms with Crippen molar-refractivity contribution < 1.29 is 0 Å². The second-order valence-corrected chi connectivity index (χ2v) is 7.26. The molecule has 108 valence electrons. The van der Waals surface area contributed by atoms with E-state index in [-0.39, 0.29) is 5.41 Å². The average Bonchev–Trinajstić information content (AvgIpc) is 2.48. The summed E-state index contributed by atoms with van der Waals surface area (Å²) >= 11 is 6.47. The molecule has 0 aromatic heterocycles. The molecule has 0 unspecified atom stereocenters. The molecule has 2 aromatic carbocycles. The number of fused-ring (bicyclic) bond motifs is 4. The van der Waals surface area contributed by atoms with Crippen LogP contribution in [0, 0.1) is 5.92 Å². The number of hydrogen-bond donors (Lipinski definition) is 1. The van der Waals surface area contributed by atoms with Crippen molar-refractivity contribution in [3.63, 3.8) is 0 Å². The maximum atomic E-state index is 6.47. The van der Waals surface area contributed by atoms with Crippen molar-refractivity contribution in [2.45, 2.75) is 38.1 Å². The number of nitrogens with one attached hydrogen (secondary N) is 1. The Morgan fingerprint density at radius 2 is 1.90 bits per heavy atom. The van der Waals surface area contributed by atoms with Gasteiger partial charge < -0.3 is 5.32 Å². The van der Waals surface area contributed by atoms with E-state index >= 15 is 0 Å². The van der Waals surface area contributed by atoms with Crippen LogP contribution in [0.1, 0.15) is 43.0 Å². The zero-order chi connectivity index (χ0) is 14.6. The monoisotopic (exact) mass is 297 g/mol. The highest BCUT2D eigenvalue weighted by molar-refractivity contribution is 6.33. The third kappa shape index (κ3) is 1.83. The van der Waals surface area contributed by atoms with Crippen LogP contribution >= 0.6 is 11.6 Å². The highest BCUT2D eigenvalue weighted by atomic mass is 35.5. The topological polar surface area (TPSA) is 12.0 Å². The Labute approximate surface area is 131 Å². The number of rotatable bonds is 0. The number of para-hydroxylation sites is 1. The summed E-state index contributed by atoms with van der Waals surface area (Å²) in [5.41, 5.74) is 5.56. The van der Waals surface area contributed by atoms with E-state index in [0.29, 0.717) is 12.0 Å². The molecule has 21 heavy (non-hydrogen) atoms. The van der Waals surface area contributed by atoms with E-state index in [1.54, 1.807) is 0 Å². The minimum Gasteiger partial charge on any atom is -0.376 e. The summed E-state index contributed by atoms with van der Waals surface area (Å²) in [5.74, 6) is 0.610. The molecule has 2 aliphatic rings. The highest BCUT2D eigenvalue weighted by Gasteiger charge is 2.45. The Hall–Kier alpha value is -1.47. The first-order valence-electron chi connectivity index (χ1n) is 7.72. The molecule has 1 nitrogen and oxygen atoms in total. The number of anilines is 1. The summed E-state index contributed by atoms with van der Waals surface area (Å²) in [4.78, 5) is 0. The number of halogens is 1. The maximum Gasteiger partial charge on any atom is 0.0640 e. The van der Waals surface area contributed by atoms with Gasteiger partial charge in [-0.15, -0.1) is 0 Å². The van der Waals surface area contributed by atoms with Crippen molar-refractivity contribution in [1.82, 2.24) is 0 Å². The van der Waals surface area contributed by atoms with Gasteiger partial charge in [-0.1, -0.05) is 61.8 Å². The SMILES string of the molecule is CC1(C)c2cccc(Cl)c2N[C@H]2c3ccccc3CC[C@H]21. The van der Waals surface area contributed by atoms with Crippen molar-refractivity contribution in [2.75, 3.05) is 5.32 Å². The van der Waals surface area contributed by atoms with Crippen LogP contribution in [0.4, 0.5) is 5.69 Å². The van der Waals surface area contributed by atoms with Gasteiger partial charge in [0.1, 0.15) is 0 Å². The molecule has 0 saturated heterocycles. The van der Waals surface area contributed by atoms with Gasteiger partial charge in [-0.3, -0.25) is 0 Å². The Morgan fingerprint density at radius 3 is 2.76 bits per heavy atom. The minimum absolute atomic E-state index is 0.143. The lowest BCUT2D eigenvalue weighted by Gasteiger charge is -2.49. The standard InChI is InChI=1S/C19H20ClN/c1-19(2)14-8-5-9-16(20)18(14)21-17-13-7-4-3-6-12(13)10-11-15(17)19/h3-9,15,17,21H,10-11H2,1-2H3/t15-,17+/m1/s1. The molecule has 4 rings (SSSR count). The van der Waals surface area contributed by atoms with Gasteiger partial charge in [0.15, 0.2) is 0 Å². The van der Waals surface area contributed by atoms with Crippen LogP contribution in [0.5, 0.6) is 0 Å². The van der Waals surface area contributed by atoms with Crippen LogP contribution < -0.4 is 5.32 Å². The summed E-state index contributed by atoms with van der Waals surface area (Å²) in [7, 11) is 0. The van der Waals surface area contributed by atoms with Crippen molar-refractivity contribution in [2.24, 2.45) is 5.92 Å². The van der Waals surface area contributed by atoms with E-state index in [4.69, 9.17) is 11.6 Å². The van der Waals surface area contributed by atoms with Crippen molar-refractivity contribution >= 4 is 17.3 Å². The second kappa shape index (κ2) is 4.51. The van der Waals surface area contributed by atoms with E-state index < -0.39 is 0 Å². The molecule has 0 spiro atoms. The van der Waals surface area contributed by atoms with Gasteiger partial charge >= 0.3 is 0 Å². The van der Waals surface area contributed by atoms with Crippen molar-refractivity contribution in [1.29, 1.82) is 0 Å². The number of hydrogen-bond acceptors (Lipinski definition) is 1. The maximum absolute atomic E-state index is 6.47. The molecule has 0 radical (unpaired) electrons. The zero-order valence-electron chi connectivity index (χ0n) is 12.5. The second-order valence-electron chi connectivity index (χ2n) is 6.85. The lowest BCUT2D eigenvalue weighted by atomic mass is 9.61. The minimum atomic E-state index is 0.143. The molecule has 0 saturated carbocycles. The lowest BCUT2D eigenvalue weighted by molar-refractivity contribution is 0.240. The molecule has 0 amide bonds. The van der Waals surface area contributed by atoms with E-state index in [1.807, 2.05) is 6.07 Å². The first-order chi connectivity index (χ1) is 10.1. The normalized spacial score (nSPS) is 25.3. The molecule has 1 heterocycles. The summed E-state index contributed by atoms with van der Waals surface area (Å²) in [6.07, 6.45) is 2.41. The molecular formula is C19H20ClN. The van der Waals surface area contributed by atoms with Crippen LogP contribution in [-0.4, -0.2) is 0 Å². The third-order valence-electron chi connectivity index (χ3n) is 5.45. The summed E-state index contributed by atoms with van der Waals surface area (Å²) in [6, 6.07) is 15.5. The average molecular weight is 298 g/mol. The van der Waals surface area contributed by atoms with Crippen molar-refractivity contribution in [3.05, 3.63) is 64.2 Å². The Kier molecular flexibility index (Phi) is 2.84. The number of aryl methyl sites for hydroxylation is 1. The van der Waals surface area contributed by atoms with Gasteiger partial charge in [-0.2, -0.15) is 0 Å². The van der Waals surface area contributed by atoms with E-state index in [1.165, 1.54) is 29.5 Å². The fourth-order valence-electron chi connectivity index (χ4n) is 4.28. The van der Waals surface area contributed by atoms with E-state index in [0.717, 1.165) is 10.7 Å². The van der Waals surface area contributed by atoms with Gasteiger partial charge in [0.25, 0.3) is 0 Å². The molecule has 2 aromatic rings. The molecule has 1 aliphatic heterocycles. The fourth-order valence-corrected chi connectivity index (χ4v) is 4.51. The molecular weight excluding hydrogens is 278 g/mol. The Bertz CT molecular complexity index is 704. The Balaban J connectivity index is 1.91. The van der Waals surface area contributed by atoms with Crippen LogP contribution in [0.3, 0.4) is 0 Å². The van der Waals surface area contributed by atoms with Gasteiger partial charge in [-0.05, 0) is 46.9 Å². The van der Waals surface area contributed by atoms with Gasteiger partial charge in [-0.25, -0.2) is 0 Å². The molecule has 0 fully saturated rings. The smallest absolute Gasteiger partial charge is 0.0640 e. The largest absolute Gasteiger partial charge is 0.376 e. The first-order valence-corrected chi connectivity index (χ1v) is 8.10. The van der Waals surface area contributed by atoms with E-state index in [2.05, 4.69) is 55.6 Å². The predicted octanol–water partition coefficient (Wildman–Crippen LogP) is 5.35. The molecule has 1 N–H and O–H groups in total. The zero-order valence-corrected chi connectivity index (χ0v) is 13.2. The highest BCUT2D eigenvalue weighted by Crippen LogP contribution is 2.53. The lowest BCUT2D eigenvalue weighted by Crippen LogP contribution is -2.43.